The van der Waals surface area contributed by atoms with Crippen LogP contribution in [0.3, 0.4) is 0 Å². The number of amides is 1. The molecule has 0 spiro atoms. The number of aliphatic imine (C=N–C) groups is 1. The molecule has 0 aliphatic rings. The number of nitrogens with zero attached hydrogens (tertiary/aromatic N) is 2. The zero-order valence-corrected chi connectivity index (χ0v) is 19.1. The van der Waals surface area contributed by atoms with Gasteiger partial charge in [-0.05, 0) is 52.3 Å². The van der Waals surface area contributed by atoms with E-state index in [0.29, 0.717) is 10.2 Å². The van der Waals surface area contributed by atoms with Gasteiger partial charge in [0, 0.05) is 6.54 Å². The summed E-state index contributed by atoms with van der Waals surface area (Å²) in [5.41, 5.74) is 9.82. The van der Waals surface area contributed by atoms with Gasteiger partial charge in [-0.15, -0.1) is 11.3 Å². The normalized spacial score (nSPS) is 11.4. The maximum atomic E-state index is 12.6. The fourth-order valence-electron chi connectivity index (χ4n) is 3.42. The van der Waals surface area contributed by atoms with Crippen LogP contribution in [0, 0.1) is 12.3 Å². The minimum Gasteiger partial charge on any atom is -0.460 e. The summed E-state index contributed by atoms with van der Waals surface area (Å²) in [7, 11) is 0. The number of hydrogen-bond acceptors (Lipinski definition) is 6. The van der Waals surface area contributed by atoms with Crippen molar-refractivity contribution >= 4 is 39.8 Å². The molecule has 2 aromatic heterocycles. The van der Waals surface area contributed by atoms with Gasteiger partial charge in [0.05, 0.1) is 5.39 Å². The van der Waals surface area contributed by atoms with E-state index in [1.54, 1.807) is 0 Å². The predicted molar refractivity (Wildman–Crippen MR) is 133 cm³/mol. The summed E-state index contributed by atoms with van der Waals surface area (Å²) in [6.07, 6.45) is 0.825. The first-order chi connectivity index (χ1) is 16.4. The highest BCUT2D eigenvalue weighted by Crippen LogP contribution is 2.22. The fourth-order valence-corrected chi connectivity index (χ4v) is 4.34. The maximum absolute atomic E-state index is 12.6. The molecule has 0 aliphatic carbocycles. The van der Waals surface area contributed by atoms with Gasteiger partial charge in [0.2, 0.25) is 5.82 Å². The van der Waals surface area contributed by atoms with Crippen LogP contribution in [0.2, 0.25) is 0 Å². The summed E-state index contributed by atoms with van der Waals surface area (Å²) in [4.78, 5) is 35.9. The number of aromatic amines is 1. The number of benzene rings is 2. The second-order valence-corrected chi connectivity index (χ2v) is 8.34. The second-order valence-electron chi connectivity index (χ2n) is 7.48. The molecule has 10 heteroatoms. The molecule has 34 heavy (non-hydrogen) atoms. The van der Waals surface area contributed by atoms with E-state index in [2.05, 4.69) is 20.3 Å². The summed E-state index contributed by atoms with van der Waals surface area (Å²) in [6.45, 7) is 2.34. The Morgan fingerprint density at radius 3 is 2.68 bits per heavy atom. The van der Waals surface area contributed by atoms with Crippen LogP contribution in [0.25, 0.3) is 21.3 Å². The number of nitrogens with one attached hydrogen (secondary N) is 3. The van der Waals surface area contributed by atoms with E-state index in [1.165, 1.54) is 11.3 Å². The molecule has 0 saturated carbocycles. The van der Waals surface area contributed by atoms with E-state index in [-0.39, 0.29) is 30.6 Å². The monoisotopic (exact) mass is 474 g/mol. The molecular weight excluding hydrogens is 452 g/mol. The summed E-state index contributed by atoms with van der Waals surface area (Å²) in [5, 5.41) is 12.1. The third-order valence-corrected chi connectivity index (χ3v) is 6.05. The van der Waals surface area contributed by atoms with Gasteiger partial charge in [-0.3, -0.25) is 15.0 Å². The summed E-state index contributed by atoms with van der Waals surface area (Å²) in [6, 6.07) is 15.5. The Kier molecular flexibility index (Phi) is 6.79. The van der Waals surface area contributed by atoms with Crippen LogP contribution >= 0.6 is 11.3 Å². The third-order valence-electron chi connectivity index (χ3n) is 5.06. The number of hydrogen-bond donors (Lipinski definition) is 4. The van der Waals surface area contributed by atoms with Crippen molar-refractivity contribution in [2.45, 2.75) is 20.1 Å². The Labute approximate surface area is 198 Å². The van der Waals surface area contributed by atoms with E-state index in [4.69, 9.17) is 15.9 Å². The van der Waals surface area contributed by atoms with Crippen LogP contribution in [-0.4, -0.2) is 28.2 Å². The minimum atomic E-state index is -0.446. The van der Waals surface area contributed by atoms with E-state index in [1.807, 2.05) is 60.8 Å². The highest BCUT2D eigenvalue weighted by molar-refractivity contribution is 7.16. The number of rotatable bonds is 7. The van der Waals surface area contributed by atoms with E-state index < -0.39 is 5.91 Å². The molecule has 0 radical (unpaired) electrons. The Morgan fingerprint density at radius 1 is 1.24 bits per heavy atom. The number of ether oxygens (including phenoxy) is 1. The topological polar surface area (TPSA) is 146 Å². The SMILES string of the molecule is Cc1csc2nc(C(=O)NCc3cccc(-c4cccc(COC(N)=NC=N)c4)c3)[nH]c(=O)c12. The number of fused-ring (bicyclic) bond motifs is 1. The van der Waals surface area contributed by atoms with Crippen LogP contribution in [0.5, 0.6) is 0 Å². The maximum Gasteiger partial charge on any atom is 0.288 e. The molecule has 0 unspecified atom stereocenters. The van der Waals surface area contributed by atoms with Gasteiger partial charge < -0.3 is 20.8 Å². The molecular formula is C24H22N6O3S. The molecule has 9 nitrogen and oxygen atoms in total. The van der Waals surface area contributed by atoms with Crippen molar-refractivity contribution in [2.24, 2.45) is 10.7 Å². The fraction of sp³-hybridized carbons (Fsp3) is 0.125. The van der Waals surface area contributed by atoms with Crippen LogP contribution < -0.4 is 16.6 Å². The molecule has 1 amide bonds. The summed E-state index contributed by atoms with van der Waals surface area (Å²) >= 11 is 1.34. The van der Waals surface area contributed by atoms with Crippen molar-refractivity contribution in [1.29, 1.82) is 5.41 Å². The number of aryl methyl sites for hydroxylation is 1. The van der Waals surface area contributed by atoms with Crippen molar-refractivity contribution in [3.63, 3.8) is 0 Å². The zero-order chi connectivity index (χ0) is 24.1. The minimum absolute atomic E-state index is 0.00552. The lowest BCUT2D eigenvalue weighted by atomic mass is 10.0. The first-order valence-electron chi connectivity index (χ1n) is 10.3. The average molecular weight is 475 g/mol. The molecule has 2 aromatic carbocycles. The first kappa shape index (κ1) is 22.9. The number of nitrogens with two attached hydrogens (primary N) is 1. The molecule has 0 atom stereocenters. The highest BCUT2D eigenvalue weighted by atomic mass is 32.1. The van der Waals surface area contributed by atoms with Crippen molar-refractivity contribution in [2.75, 3.05) is 0 Å². The average Bonchev–Trinajstić information content (AvgIpc) is 3.23. The van der Waals surface area contributed by atoms with Gasteiger partial charge in [-0.2, -0.15) is 4.99 Å². The molecule has 4 rings (SSSR count). The Balaban J connectivity index is 1.45. The van der Waals surface area contributed by atoms with Crippen LogP contribution in [0.4, 0.5) is 0 Å². The molecule has 172 valence electrons. The lowest BCUT2D eigenvalue weighted by molar-refractivity contribution is 0.0940. The lowest BCUT2D eigenvalue weighted by Gasteiger charge is -2.09. The number of amidine groups is 1. The molecule has 0 fully saturated rings. The number of aromatic nitrogens is 2. The van der Waals surface area contributed by atoms with Gasteiger partial charge in [0.1, 0.15) is 17.8 Å². The Morgan fingerprint density at radius 2 is 1.94 bits per heavy atom. The van der Waals surface area contributed by atoms with Crippen LogP contribution in [0.1, 0.15) is 27.3 Å². The van der Waals surface area contributed by atoms with Crippen LogP contribution in [0.15, 0.2) is 63.7 Å². The number of carbonyl (C=O) groups excluding carboxylic acids is 1. The van der Waals surface area contributed by atoms with Crippen LogP contribution in [-0.2, 0) is 17.9 Å². The van der Waals surface area contributed by atoms with Gasteiger partial charge >= 0.3 is 0 Å². The molecule has 4 aromatic rings. The molecule has 0 aliphatic heterocycles. The van der Waals surface area contributed by atoms with Gasteiger partial charge in [0.15, 0.2) is 0 Å². The highest BCUT2D eigenvalue weighted by Gasteiger charge is 2.14. The Bertz CT molecular complexity index is 1460. The third kappa shape index (κ3) is 5.18. The largest absolute Gasteiger partial charge is 0.460 e. The Hall–Kier alpha value is -4.31. The van der Waals surface area contributed by atoms with E-state index >= 15 is 0 Å². The number of H-pyrrole nitrogens is 1. The predicted octanol–water partition coefficient (Wildman–Crippen LogP) is 3.33. The second kappa shape index (κ2) is 10.1. The smallest absolute Gasteiger partial charge is 0.288 e. The van der Waals surface area contributed by atoms with Crippen molar-refractivity contribution in [3.05, 3.63) is 86.8 Å². The number of carbonyl (C=O) groups is 1. The molecule has 5 N–H and O–H groups in total. The summed E-state index contributed by atoms with van der Waals surface area (Å²) in [5.74, 6) is -0.451. The molecule has 0 saturated heterocycles. The molecule has 0 bridgehead atoms. The van der Waals surface area contributed by atoms with Crippen molar-refractivity contribution in [3.8, 4) is 11.1 Å². The quantitative estimate of drug-likeness (QED) is 0.240. The van der Waals surface area contributed by atoms with E-state index in [9.17, 15) is 9.59 Å². The van der Waals surface area contributed by atoms with Crippen molar-refractivity contribution < 1.29 is 9.53 Å². The number of thiophene rings is 1. The summed E-state index contributed by atoms with van der Waals surface area (Å²) < 4.78 is 5.33. The van der Waals surface area contributed by atoms with Gasteiger partial charge in [-0.1, -0.05) is 36.4 Å². The van der Waals surface area contributed by atoms with Gasteiger partial charge in [0.25, 0.3) is 17.5 Å². The van der Waals surface area contributed by atoms with E-state index in [0.717, 1.165) is 34.2 Å². The lowest BCUT2D eigenvalue weighted by Crippen LogP contribution is -2.27. The first-order valence-corrected chi connectivity index (χ1v) is 11.2. The molecule has 2 heterocycles. The van der Waals surface area contributed by atoms with Gasteiger partial charge in [-0.25, -0.2) is 4.98 Å². The standard InChI is InChI=1S/C24H22N6O3S/c1-14-12-34-23-19(14)21(31)29-20(30-23)22(32)27-10-15-4-2-6-17(8-15)18-7-3-5-16(9-18)11-33-24(26)28-13-25/h2-9,12-13H,10-11H2,1H3,(H,27,32)(H3,25,26,28)(H,29,30,31). The van der Waals surface area contributed by atoms with Crippen molar-refractivity contribution in [1.82, 2.24) is 15.3 Å². The zero-order valence-electron chi connectivity index (χ0n) is 18.3.